The molecule has 0 atom stereocenters. The second kappa shape index (κ2) is 2.54. The largest absolute Gasteiger partial charge is 0.870 e. The SMILES string of the molecule is [O-]c1c(F)cc(F)cc1Br. The molecule has 0 aliphatic rings. The van der Waals surface area contributed by atoms with Crippen molar-refractivity contribution >= 4 is 15.9 Å². The van der Waals surface area contributed by atoms with E-state index < -0.39 is 17.4 Å². The second-order valence-corrected chi connectivity index (χ2v) is 2.55. The van der Waals surface area contributed by atoms with E-state index in [2.05, 4.69) is 15.9 Å². The van der Waals surface area contributed by atoms with E-state index in [1.807, 2.05) is 0 Å². The van der Waals surface area contributed by atoms with Gasteiger partial charge in [0.15, 0.2) is 0 Å². The Morgan fingerprint density at radius 2 is 1.90 bits per heavy atom. The number of halogens is 3. The molecule has 0 amide bonds. The summed E-state index contributed by atoms with van der Waals surface area (Å²) in [6.07, 6.45) is 0. The predicted molar refractivity (Wildman–Crippen MR) is 33.5 cm³/mol. The molecule has 0 aliphatic heterocycles. The van der Waals surface area contributed by atoms with Gasteiger partial charge in [0.2, 0.25) is 0 Å². The maximum atomic E-state index is 12.3. The first kappa shape index (κ1) is 7.47. The lowest BCUT2D eigenvalue weighted by atomic mass is 10.3. The van der Waals surface area contributed by atoms with E-state index in [9.17, 15) is 13.9 Å². The minimum Gasteiger partial charge on any atom is -0.870 e. The average Bonchev–Trinajstić information content (AvgIpc) is 1.82. The van der Waals surface area contributed by atoms with E-state index in [4.69, 9.17) is 0 Å². The van der Waals surface area contributed by atoms with Crippen LogP contribution in [0.25, 0.3) is 0 Å². The zero-order valence-electron chi connectivity index (χ0n) is 4.70. The van der Waals surface area contributed by atoms with Gasteiger partial charge in [-0.2, -0.15) is 0 Å². The van der Waals surface area contributed by atoms with Crippen molar-refractivity contribution in [3.8, 4) is 5.75 Å². The van der Waals surface area contributed by atoms with Gasteiger partial charge in [0, 0.05) is 10.5 Å². The summed E-state index contributed by atoms with van der Waals surface area (Å²) in [6.45, 7) is 0. The van der Waals surface area contributed by atoms with Crippen LogP contribution < -0.4 is 5.11 Å². The predicted octanol–water partition coefficient (Wildman–Crippen LogP) is 1.80. The molecule has 0 aliphatic carbocycles. The van der Waals surface area contributed by atoms with E-state index in [0.717, 1.165) is 6.07 Å². The Morgan fingerprint density at radius 3 is 2.40 bits per heavy atom. The van der Waals surface area contributed by atoms with Gasteiger partial charge in [0.1, 0.15) is 11.6 Å². The lowest BCUT2D eigenvalue weighted by Crippen LogP contribution is -1.95. The van der Waals surface area contributed by atoms with Crippen LogP contribution in [0.2, 0.25) is 0 Å². The summed E-state index contributed by atoms with van der Waals surface area (Å²) >= 11 is 2.70. The molecule has 10 heavy (non-hydrogen) atoms. The maximum absolute atomic E-state index is 12.3. The van der Waals surface area contributed by atoms with Gasteiger partial charge in [-0.25, -0.2) is 8.78 Å². The summed E-state index contributed by atoms with van der Waals surface area (Å²) < 4.78 is 24.4. The molecule has 0 saturated carbocycles. The van der Waals surface area contributed by atoms with Gasteiger partial charge >= 0.3 is 0 Å². The molecule has 0 saturated heterocycles. The van der Waals surface area contributed by atoms with E-state index in [1.165, 1.54) is 0 Å². The minimum absolute atomic E-state index is 0.0926. The number of hydrogen-bond acceptors (Lipinski definition) is 1. The second-order valence-electron chi connectivity index (χ2n) is 1.70. The van der Waals surface area contributed by atoms with Gasteiger partial charge < -0.3 is 5.11 Å². The topological polar surface area (TPSA) is 23.1 Å². The van der Waals surface area contributed by atoms with Crippen molar-refractivity contribution in [2.45, 2.75) is 0 Å². The lowest BCUT2D eigenvalue weighted by molar-refractivity contribution is -0.273. The molecule has 54 valence electrons. The van der Waals surface area contributed by atoms with Crippen molar-refractivity contribution < 1.29 is 13.9 Å². The molecule has 0 aromatic heterocycles. The van der Waals surface area contributed by atoms with Gasteiger partial charge in [-0.05, 0) is 6.07 Å². The minimum atomic E-state index is -1.08. The summed E-state index contributed by atoms with van der Waals surface area (Å²) in [5.41, 5.74) is 0. The van der Waals surface area contributed by atoms with Gasteiger partial charge in [0.25, 0.3) is 0 Å². The van der Waals surface area contributed by atoms with Crippen LogP contribution in [-0.2, 0) is 0 Å². The normalized spacial score (nSPS) is 9.90. The molecule has 1 nitrogen and oxygen atoms in total. The van der Waals surface area contributed by atoms with Crippen molar-refractivity contribution in [1.82, 2.24) is 0 Å². The molecule has 1 aromatic carbocycles. The smallest absolute Gasteiger partial charge is 0.127 e. The molecule has 0 unspecified atom stereocenters. The third kappa shape index (κ3) is 1.26. The fourth-order valence-electron chi connectivity index (χ4n) is 0.529. The molecule has 4 heteroatoms. The summed E-state index contributed by atoms with van der Waals surface area (Å²) in [4.78, 5) is 0. The van der Waals surface area contributed by atoms with Crippen molar-refractivity contribution in [1.29, 1.82) is 0 Å². The Kier molecular flexibility index (Phi) is 1.89. The molecule has 0 heterocycles. The lowest BCUT2D eigenvalue weighted by Gasteiger charge is -2.08. The van der Waals surface area contributed by atoms with Crippen molar-refractivity contribution in [2.75, 3.05) is 0 Å². The Bertz CT molecular complexity index is 239. The molecule has 0 N–H and O–H groups in total. The summed E-state index contributed by atoms with van der Waals surface area (Å²) in [6, 6.07) is 1.47. The average molecular weight is 208 g/mol. The first-order valence-corrected chi connectivity index (χ1v) is 3.22. The van der Waals surface area contributed by atoms with Crippen molar-refractivity contribution in [3.63, 3.8) is 0 Å². The monoisotopic (exact) mass is 207 g/mol. The molecule has 1 rings (SSSR count). The van der Waals surface area contributed by atoms with Gasteiger partial charge in [-0.3, -0.25) is 0 Å². The zero-order valence-corrected chi connectivity index (χ0v) is 6.28. The van der Waals surface area contributed by atoms with E-state index >= 15 is 0 Å². The molecule has 0 spiro atoms. The Labute approximate surface area is 64.4 Å². The standard InChI is InChI=1S/C6H3BrF2O/c7-4-1-3(8)2-5(9)6(4)10/h1-2,10H/p-1. The Balaban J connectivity index is 3.31. The third-order valence-electron chi connectivity index (χ3n) is 0.963. The van der Waals surface area contributed by atoms with Crippen LogP contribution in [0.1, 0.15) is 0 Å². The van der Waals surface area contributed by atoms with Crippen molar-refractivity contribution in [2.24, 2.45) is 0 Å². The van der Waals surface area contributed by atoms with Gasteiger partial charge in [-0.15, -0.1) is 0 Å². The summed E-state index contributed by atoms with van der Waals surface area (Å²) in [5.74, 6) is -2.66. The highest BCUT2D eigenvalue weighted by Crippen LogP contribution is 2.24. The third-order valence-corrected chi connectivity index (χ3v) is 1.55. The molecule has 0 radical (unpaired) electrons. The van der Waals surface area contributed by atoms with E-state index in [1.54, 1.807) is 0 Å². The number of hydrogen-bond donors (Lipinski definition) is 0. The van der Waals surface area contributed by atoms with E-state index in [-0.39, 0.29) is 4.47 Å². The van der Waals surface area contributed by atoms with Crippen LogP contribution in [0, 0.1) is 11.6 Å². The quantitative estimate of drug-likeness (QED) is 0.637. The molecule has 1 aromatic rings. The van der Waals surface area contributed by atoms with Gasteiger partial charge in [-0.1, -0.05) is 21.7 Å². The first-order chi connectivity index (χ1) is 4.61. The highest BCUT2D eigenvalue weighted by molar-refractivity contribution is 9.10. The molecule has 0 bridgehead atoms. The van der Waals surface area contributed by atoms with Crippen LogP contribution in [0.5, 0.6) is 5.75 Å². The van der Waals surface area contributed by atoms with E-state index in [0.29, 0.717) is 6.07 Å². The van der Waals surface area contributed by atoms with Crippen LogP contribution in [-0.4, -0.2) is 0 Å². The Hall–Kier alpha value is -0.640. The maximum Gasteiger partial charge on any atom is 0.127 e. The van der Waals surface area contributed by atoms with Crippen LogP contribution in [0.15, 0.2) is 16.6 Å². The highest BCUT2D eigenvalue weighted by atomic mass is 79.9. The Morgan fingerprint density at radius 1 is 1.30 bits per heavy atom. The first-order valence-electron chi connectivity index (χ1n) is 2.43. The van der Waals surface area contributed by atoms with Crippen LogP contribution >= 0.6 is 15.9 Å². The van der Waals surface area contributed by atoms with Crippen LogP contribution in [0.4, 0.5) is 8.78 Å². The summed E-state index contributed by atoms with van der Waals surface area (Å²) in [5, 5.41) is 10.5. The molecular formula is C6H2BrF2O-. The highest BCUT2D eigenvalue weighted by Gasteiger charge is 1.99. The fourth-order valence-corrected chi connectivity index (χ4v) is 0.937. The number of rotatable bonds is 0. The zero-order chi connectivity index (χ0) is 7.72. The number of benzene rings is 1. The fraction of sp³-hybridized carbons (Fsp3) is 0. The van der Waals surface area contributed by atoms with Crippen molar-refractivity contribution in [3.05, 3.63) is 28.2 Å². The molecule has 0 fully saturated rings. The summed E-state index contributed by atoms with van der Waals surface area (Å²) in [7, 11) is 0. The van der Waals surface area contributed by atoms with Gasteiger partial charge in [0.05, 0.1) is 0 Å². The van der Waals surface area contributed by atoms with Crippen LogP contribution in [0.3, 0.4) is 0 Å². The molecular weight excluding hydrogens is 206 g/mol.